The van der Waals surface area contributed by atoms with Gasteiger partial charge in [0.1, 0.15) is 11.9 Å². The first-order chi connectivity index (χ1) is 9.56. The van der Waals surface area contributed by atoms with E-state index < -0.39 is 12.2 Å². The molecular formula is C16H26O4. The number of aliphatic hydroxyl groups is 3. The van der Waals surface area contributed by atoms with E-state index in [-0.39, 0.29) is 36.4 Å². The van der Waals surface area contributed by atoms with Crippen LogP contribution in [0.15, 0.2) is 23.5 Å². The number of unbranched alkanes of at least 4 members (excludes halogenated alkanes) is 3. The third-order valence-corrected chi connectivity index (χ3v) is 3.64. The monoisotopic (exact) mass is 282 g/mol. The zero-order valence-corrected chi connectivity index (χ0v) is 12.2. The van der Waals surface area contributed by atoms with Crippen LogP contribution in [0.1, 0.15) is 58.3 Å². The molecule has 0 bridgehead atoms. The molecular weight excluding hydrogens is 256 g/mol. The zero-order chi connectivity index (χ0) is 15.0. The van der Waals surface area contributed by atoms with Gasteiger partial charge in [-0.05, 0) is 19.3 Å². The second-order valence-electron chi connectivity index (χ2n) is 5.39. The Morgan fingerprint density at radius 3 is 2.80 bits per heavy atom. The highest BCUT2D eigenvalue weighted by molar-refractivity contribution is 5.97. The maximum absolute atomic E-state index is 11.6. The molecule has 0 heterocycles. The van der Waals surface area contributed by atoms with Gasteiger partial charge in [-0.3, -0.25) is 4.79 Å². The van der Waals surface area contributed by atoms with Crippen molar-refractivity contribution < 1.29 is 20.1 Å². The van der Waals surface area contributed by atoms with Gasteiger partial charge in [-0.2, -0.15) is 0 Å². The second-order valence-corrected chi connectivity index (χ2v) is 5.39. The molecule has 3 N–H and O–H groups in total. The van der Waals surface area contributed by atoms with E-state index >= 15 is 0 Å². The first-order valence-electron chi connectivity index (χ1n) is 7.54. The molecule has 0 unspecified atom stereocenters. The van der Waals surface area contributed by atoms with E-state index in [0.717, 1.165) is 19.3 Å². The lowest BCUT2D eigenvalue weighted by atomic mass is 9.92. The highest BCUT2D eigenvalue weighted by atomic mass is 16.3. The van der Waals surface area contributed by atoms with Crippen molar-refractivity contribution in [1.82, 2.24) is 0 Å². The molecule has 0 amide bonds. The van der Waals surface area contributed by atoms with Crippen LogP contribution in [0.4, 0.5) is 0 Å². The van der Waals surface area contributed by atoms with Crippen LogP contribution < -0.4 is 0 Å². The lowest BCUT2D eigenvalue weighted by Gasteiger charge is -2.19. The molecule has 114 valence electrons. The molecule has 0 fully saturated rings. The Bertz CT molecular complexity index is 371. The number of carbonyl (C=O) groups excluding carboxylic acids is 1. The molecule has 0 aromatic rings. The normalized spacial score (nSPS) is 21.8. The van der Waals surface area contributed by atoms with Crippen LogP contribution in [0.5, 0.6) is 0 Å². The van der Waals surface area contributed by atoms with Gasteiger partial charge in [-0.25, -0.2) is 0 Å². The van der Waals surface area contributed by atoms with Crippen molar-refractivity contribution >= 4 is 5.78 Å². The minimum Gasteiger partial charge on any atom is -0.509 e. The summed E-state index contributed by atoms with van der Waals surface area (Å²) >= 11 is 0. The number of Topliss-reactive ketones (excluding diaryl/α,β-unsaturated/α-hetero) is 1. The number of aliphatic hydroxyl groups excluding tert-OH is 3. The van der Waals surface area contributed by atoms with Crippen molar-refractivity contribution in [2.24, 2.45) is 0 Å². The SMILES string of the molecule is CCCCCC[C@H](O)/C=C/CC1=C(O)[C@@H](O)CCC1=O. The van der Waals surface area contributed by atoms with Gasteiger partial charge in [0, 0.05) is 12.0 Å². The van der Waals surface area contributed by atoms with Crippen LogP contribution in [0.2, 0.25) is 0 Å². The van der Waals surface area contributed by atoms with Gasteiger partial charge in [0.15, 0.2) is 5.78 Å². The molecule has 0 saturated heterocycles. The van der Waals surface area contributed by atoms with Crippen molar-refractivity contribution in [2.75, 3.05) is 0 Å². The van der Waals surface area contributed by atoms with Gasteiger partial charge in [0.05, 0.1) is 6.10 Å². The van der Waals surface area contributed by atoms with Gasteiger partial charge in [-0.1, -0.05) is 44.8 Å². The van der Waals surface area contributed by atoms with Crippen molar-refractivity contribution in [2.45, 2.75) is 70.5 Å². The van der Waals surface area contributed by atoms with Gasteiger partial charge in [-0.15, -0.1) is 0 Å². The van der Waals surface area contributed by atoms with Crippen LogP contribution in [-0.2, 0) is 4.79 Å². The first kappa shape index (κ1) is 16.9. The lowest BCUT2D eigenvalue weighted by Crippen LogP contribution is -2.23. The Labute approximate surface area is 120 Å². The number of hydrogen-bond acceptors (Lipinski definition) is 4. The smallest absolute Gasteiger partial charge is 0.162 e. The Morgan fingerprint density at radius 2 is 2.10 bits per heavy atom. The van der Waals surface area contributed by atoms with Crippen molar-refractivity contribution in [3.05, 3.63) is 23.5 Å². The zero-order valence-electron chi connectivity index (χ0n) is 12.2. The maximum Gasteiger partial charge on any atom is 0.162 e. The Balaban J connectivity index is 2.39. The van der Waals surface area contributed by atoms with Crippen LogP contribution >= 0.6 is 0 Å². The third kappa shape index (κ3) is 5.47. The molecule has 4 nitrogen and oxygen atoms in total. The summed E-state index contributed by atoms with van der Waals surface area (Å²) in [5.74, 6) is -0.321. The van der Waals surface area contributed by atoms with Crippen LogP contribution in [0, 0.1) is 0 Å². The molecule has 0 aliphatic heterocycles. The predicted molar refractivity (Wildman–Crippen MR) is 78.4 cm³/mol. The number of carbonyl (C=O) groups is 1. The van der Waals surface area contributed by atoms with Crippen LogP contribution in [0.3, 0.4) is 0 Å². The van der Waals surface area contributed by atoms with Crippen molar-refractivity contribution in [3.8, 4) is 0 Å². The number of rotatable bonds is 8. The van der Waals surface area contributed by atoms with Crippen molar-refractivity contribution in [1.29, 1.82) is 0 Å². The average Bonchev–Trinajstić information content (AvgIpc) is 2.43. The molecule has 1 aliphatic rings. The predicted octanol–water partition coefficient (Wildman–Crippen LogP) is 2.80. The molecule has 0 aromatic carbocycles. The topological polar surface area (TPSA) is 77.8 Å². The summed E-state index contributed by atoms with van der Waals surface area (Å²) in [6, 6.07) is 0. The summed E-state index contributed by atoms with van der Waals surface area (Å²) in [7, 11) is 0. The lowest BCUT2D eigenvalue weighted by molar-refractivity contribution is -0.117. The summed E-state index contributed by atoms with van der Waals surface area (Å²) in [6.07, 6.45) is 7.97. The average molecular weight is 282 g/mol. The summed E-state index contributed by atoms with van der Waals surface area (Å²) < 4.78 is 0. The van der Waals surface area contributed by atoms with Crippen molar-refractivity contribution in [3.63, 3.8) is 0 Å². The van der Waals surface area contributed by atoms with E-state index in [9.17, 15) is 20.1 Å². The van der Waals surface area contributed by atoms with E-state index in [1.165, 1.54) is 12.8 Å². The second kappa shape index (κ2) is 8.93. The largest absolute Gasteiger partial charge is 0.509 e. The Morgan fingerprint density at radius 1 is 1.35 bits per heavy atom. The Kier molecular flexibility index (Phi) is 7.55. The van der Waals surface area contributed by atoms with Gasteiger partial charge in [0.25, 0.3) is 0 Å². The molecule has 1 aliphatic carbocycles. The fourth-order valence-electron chi connectivity index (χ4n) is 2.34. The molecule has 4 heteroatoms. The van der Waals surface area contributed by atoms with E-state index in [0.29, 0.717) is 0 Å². The summed E-state index contributed by atoms with van der Waals surface area (Å²) in [5.41, 5.74) is 0.276. The highest BCUT2D eigenvalue weighted by Gasteiger charge is 2.25. The molecule has 0 saturated carbocycles. The van der Waals surface area contributed by atoms with Crippen LogP contribution in [-0.4, -0.2) is 33.3 Å². The van der Waals surface area contributed by atoms with E-state index in [4.69, 9.17) is 0 Å². The summed E-state index contributed by atoms with van der Waals surface area (Å²) in [5, 5.41) is 29.0. The first-order valence-corrected chi connectivity index (χ1v) is 7.54. The highest BCUT2D eigenvalue weighted by Crippen LogP contribution is 2.23. The van der Waals surface area contributed by atoms with E-state index in [1.54, 1.807) is 12.2 Å². The van der Waals surface area contributed by atoms with Crippen LogP contribution in [0.25, 0.3) is 0 Å². The van der Waals surface area contributed by atoms with Gasteiger partial charge in [0.2, 0.25) is 0 Å². The molecule has 2 atom stereocenters. The fourth-order valence-corrected chi connectivity index (χ4v) is 2.34. The molecule has 0 spiro atoms. The van der Waals surface area contributed by atoms with E-state index in [2.05, 4.69) is 6.92 Å². The minimum absolute atomic E-state index is 0.116. The summed E-state index contributed by atoms with van der Waals surface area (Å²) in [4.78, 5) is 11.6. The summed E-state index contributed by atoms with van der Waals surface area (Å²) in [6.45, 7) is 2.14. The minimum atomic E-state index is -0.921. The fraction of sp³-hybridized carbons (Fsp3) is 0.688. The number of allylic oxidation sites excluding steroid dienone is 2. The quantitative estimate of drug-likeness (QED) is 0.472. The molecule has 1 rings (SSSR count). The third-order valence-electron chi connectivity index (χ3n) is 3.64. The molecule has 0 aromatic heterocycles. The Hall–Kier alpha value is -1.13. The standard InChI is InChI=1S/C16H26O4/c1-2-3-4-5-7-12(17)8-6-9-13-14(18)10-11-15(19)16(13)20/h6,8,12,15,17,19-20H,2-5,7,9-11H2,1H3/b8-6+/t12-,15-/m0/s1. The molecule has 20 heavy (non-hydrogen) atoms. The maximum atomic E-state index is 11.6. The van der Waals surface area contributed by atoms with E-state index in [1.807, 2.05) is 0 Å². The number of ketones is 1. The molecule has 0 radical (unpaired) electrons. The number of hydrogen-bond donors (Lipinski definition) is 3. The van der Waals surface area contributed by atoms with Gasteiger partial charge >= 0.3 is 0 Å². The van der Waals surface area contributed by atoms with Gasteiger partial charge < -0.3 is 15.3 Å².